The number of hydrogen-bond donors (Lipinski definition) is 1. The fraction of sp³-hybridized carbons (Fsp3) is 0.308. The first-order chi connectivity index (χ1) is 9.12. The van der Waals surface area contributed by atoms with Crippen LogP contribution in [0.15, 0.2) is 18.3 Å². The van der Waals surface area contributed by atoms with Crippen molar-refractivity contribution in [1.82, 2.24) is 9.78 Å². The molecule has 0 fully saturated rings. The molecule has 2 N–H and O–H groups in total. The van der Waals surface area contributed by atoms with E-state index in [9.17, 15) is 0 Å². The van der Waals surface area contributed by atoms with Crippen LogP contribution in [0.3, 0.4) is 0 Å². The Bertz CT molecular complexity index is 568. The van der Waals surface area contributed by atoms with Crippen molar-refractivity contribution in [2.24, 2.45) is 7.05 Å². The highest BCUT2D eigenvalue weighted by atomic mass is 16.5. The van der Waals surface area contributed by atoms with Crippen LogP contribution in [0, 0.1) is 0 Å². The molecule has 2 rings (SSSR count). The number of nitrogens with two attached hydrogens (primary N) is 1. The summed E-state index contributed by atoms with van der Waals surface area (Å²) in [6.45, 7) is 0. The predicted molar refractivity (Wildman–Crippen MR) is 72.7 cm³/mol. The van der Waals surface area contributed by atoms with E-state index in [0.717, 1.165) is 11.1 Å². The van der Waals surface area contributed by atoms with Crippen molar-refractivity contribution in [2.45, 2.75) is 0 Å². The van der Waals surface area contributed by atoms with Gasteiger partial charge in [0.05, 0.1) is 38.7 Å². The SMILES string of the molecule is COc1cc(OC)c(-c2cnn(C)c2N)c(OC)c1. The van der Waals surface area contributed by atoms with E-state index >= 15 is 0 Å². The molecule has 0 unspecified atom stereocenters. The second-order valence-electron chi connectivity index (χ2n) is 3.97. The minimum atomic E-state index is 0.543. The van der Waals surface area contributed by atoms with E-state index in [4.69, 9.17) is 19.9 Å². The van der Waals surface area contributed by atoms with Crippen molar-refractivity contribution in [3.8, 4) is 28.4 Å². The number of anilines is 1. The first-order valence-electron chi connectivity index (χ1n) is 5.70. The molecule has 0 aliphatic rings. The molecule has 0 radical (unpaired) electrons. The standard InChI is InChI=1S/C13H17N3O3/c1-16-13(14)9(7-15-16)12-10(18-3)5-8(17-2)6-11(12)19-4/h5-7H,14H2,1-4H3. The van der Waals surface area contributed by atoms with E-state index < -0.39 is 0 Å². The van der Waals surface area contributed by atoms with Gasteiger partial charge in [-0.05, 0) is 0 Å². The Morgan fingerprint density at radius 1 is 1.05 bits per heavy atom. The molecule has 0 aliphatic carbocycles. The maximum Gasteiger partial charge on any atom is 0.134 e. The maximum atomic E-state index is 6.01. The van der Waals surface area contributed by atoms with Gasteiger partial charge in [-0.1, -0.05) is 0 Å². The van der Waals surface area contributed by atoms with Gasteiger partial charge in [0.15, 0.2) is 0 Å². The quantitative estimate of drug-likeness (QED) is 0.909. The number of methoxy groups -OCH3 is 3. The van der Waals surface area contributed by atoms with Gasteiger partial charge >= 0.3 is 0 Å². The third kappa shape index (κ3) is 2.16. The smallest absolute Gasteiger partial charge is 0.134 e. The van der Waals surface area contributed by atoms with E-state index in [1.807, 2.05) is 0 Å². The topological polar surface area (TPSA) is 71.5 Å². The third-order valence-corrected chi connectivity index (χ3v) is 2.97. The van der Waals surface area contributed by atoms with Gasteiger partial charge in [0, 0.05) is 19.2 Å². The number of rotatable bonds is 4. The molecule has 0 atom stereocenters. The average molecular weight is 263 g/mol. The number of hydrogen-bond acceptors (Lipinski definition) is 5. The molecule has 0 spiro atoms. The minimum absolute atomic E-state index is 0.543. The molecule has 19 heavy (non-hydrogen) atoms. The minimum Gasteiger partial charge on any atom is -0.496 e. The number of ether oxygens (including phenoxy) is 3. The van der Waals surface area contributed by atoms with Crippen molar-refractivity contribution < 1.29 is 14.2 Å². The lowest BCUT2D eigenvalue weighted by Crippen LogP contribution is -2.00. The lowest BCUT2D eigenvalue weighted by atomic mass is 10.1. The number of aromatic nitrogens is 2. The Labute approximate surface area is 111 Å². The fourth-order valence-corrected chi connectivity index (χ4v) is 1.91. The van der Waals surface area contributed by atoms with Crippen LogP contribution in [0.5, 0.6) is 17.2 Å². The Kier molecular flexibility index (Phi) is 3.50. The molecule has 0 bridgehead atoms. The zero-order chi connectivity index (χ0) is 14.0. The summed E-state index contributed by atoms with van der Waals surface area (Å²) in [5, 5.41) is 4.14. The fourth-order valence-electron chi connectivity index (χ4n) is 1.91. The lowest BCUT2D eigenvalue weighted by molar-refractivity contribution is 0.377. The summed E-state index contributed by atoms with van der Waals surface area (Å²) in [5.41, 5.74) is 7.53. The third-order valence-electron chi connectivity index (χ3n) is 2.97. The van der Waals surface area contributed by atoms with Crippen LogP contribution in [-0.4, -0.2) is 31.1 Å². The molecule has 6 heteroatoms. The second-order valence-corrected chi connectivity index (χ2v) is 3.97. The Morgan fingerprint density at radius 2 is 1.63 bits per heavy atom. The van der Waals surface area contributed by atoms with Crippen molar-refractivity contribution >= 4 is 5.82 Å². The highest BCUT2D eigenvalue weighted by Gasteiger charge is 2.19. The Hall–Kier alpha value is -2.37. The van der Waals surface area contributed by atoms with Crippen LogP contribution in [0.4, 0.5) is 5.82 Å². The van der Waals surface area contributed by atoms with Crippen LogP contribution in [0.25, 0.3) is 11.1 Å². The molecule has 2 aromatic rings. The maximum absolute atomic E-state index is 6.01. The molecule has 0 aliphatic heterocycles. The average Bonchev–Trinajstić information content (AvgIpc) is 2.77. The second kappa shape index (κ2) is 5.09. The largest absolute Gasteiger partial charge is 0.496 e. The first-order valence-corrected chi connectivity index (χ1v) is 5.70. The first kappa shape index (κ1) is 13.1. The molecule has 1 aromatic heterocycles. The zero-order valence-corrected chi connectivity index (χ0v) is 11.4. The van der Waals surface area contributed by atoms with Gasteiger partial charge in [-0.2, -0.15) is 5.10 Å². The van der Waals surface area contributed by atoms with Crippen molar-refractivity contribution in [2.75, 3.05) is 27.1 Å². The van der Waals surface area contributed by atoms with Crippen LogP contribution < -0.4 is 19.9 Å². The molecule has 1 aromatic carbocycles. The number of aryl methyl sites for hydroxylation is 1. The summed E-state index contributed by atoms with van der Waals surface area (Å²) >= 11 is 0. The van der Waals surface area contributed by atoms with Gasteiger partial charge < -0.3 is 19.9 Å². The normalized spacial score (nSPS) is 10.3. The van der Waals surface area contributed by atoms with E-state index in [-0.39, 0.29) is 0 Å². The van der Waals surface area contributed by atoms with Gasteiger partial charge in [0.1, 0.15) is 23.1 Å². The molecule has 0 saturated heterocycles. The van der Waals surface area contributed by atoms with Crippen molar-refractivity contribution in [3.63, 3.8) is 0 Å². The molecule has 102 valence electrons. The molecule has 0 saturated carbocycles. The summed E-state index contributed by atoms with van der Waals surface area (Å²) < 4.78 is 17.6. The van der Waals surface area contributed by atoms with E-state index in [2.05, 4.69) is 5.10 Å². The molecule has 6 nitrogen and oxygen atoms in total. The van der Waals surface area contributed by atoms with Gasteiger partial charge in [-0.15, -0.1) is 0 Å². The number of nitrogen functional groups attached to an aromatic ring is 1. The van der Waals surface area contributed by atoms with E-state index in [0.29, 0.717) is 23.1 Å². The van der Waals surface area contributed by atoms with Gasteiger partial charge in [0.25, 0.3) is 0 Å². The van der Waals surface area contributed by atoms with Crippen LogP contribution >= 0.6 is 0 Å². The van der Waals surface area contributed by atoms with Crippen molar-refractivity contribution in [3.05, 3.63) is 18.3 Å². The highest BCUT2D eigenvalue weighted by Crippen LogP contribution is 2.43. The number of nitrogens with zero attached hydrogens (tertiary/aromatic N) is 2. The monoisotopic (exact) mass is 263 g/mol. The van der Waals surface area contributed by atoms with Crippen LogP contribution in [0.2, 0.25) is 0 Å². The van der Waals surface area contributed by atoms with E-state index in [1.165, 1.54) is 0 Å². The predicted octanol–water partition coefficient (Wildman–Crippen LogP) is 1.70. The summed E-state index contributed by atoms with van der Waals surface area (Å²) in [6, 6.07) is 3.56. The summed E-state index contributed by atoms with van der Waals surface area (Å²) in [4.78, 5) is 0. The van der Waals surface area contributed by atoms with Gasteiger partial charge in [-0.3, -0.25) is 4.68 Å². The molecular weight excluding hydrogens is 246 g/mol. The van der Waals surface area contributed by atoms with Gasteiger partial charge in [0.2, 0.25) is 0 Å². The summed E-state index contributed by atoms with van der Waals surface area (Å²) in [7, 11) is 6.54. The number of benzene rings is 1. The summed E-state index contributed by atoms with van der Waals surface area (Å²) in [6.07, 6.45) is 1.68. The lowest BCUT2D eigenvalue weighted by Gasteiger charge is -2.14. The Morgan fingerprint density at radius 3 is 2.00 bits per heavy atom. The zero-order valence-electron chi connectivity index (χ0n) is 11.4. The van der Waals surface area contributed by atoms with Crippen LogP contribution in [-0.2, 0) is 7.05 Å². The Balaban J connectivity index is 2.70. The molecule has 0 amide bonds. The van der Waals surface area contributed by atoms with Crippen molar-refractivity contribution in [1.29, 1.82) is 0 Å². The van der Waals surface area contributed by atoms with Gasteiger partial charge in [-0.25, -0.2) is 0 Å². The molecular formula is C13H17N3O3. The summed E-state index contributed by atoms with van der Waals surface area (Å²) in [5.74, 6) is 2.44. The van der Waals surface area contributed by atoms with E-state index in [1.54, 1.807) is 51.4 Å². The highest BCUT2D eigenvalue weighted by molar-refractivity contribution is 5.84. The van der Waals surface area contributed by atoms with Crippen LogP contribution in [0.1, 0.15) is 0 Å². The molecule has 1 heterocycles.